The molecule has 90 valence electrons. The van der Waals surface area contributed by atoms with Crippen LogP contribution in [0.3, 0.4) is 0 Å². The fourth-order valence-corrected chi connectivity index (χ4v) is 1.09. The van der Waals surface area contributed by atoms with Gasteiger partial charge in [0.05, 0.1) is 13.7 Å². The first-order valence-electron chi connectivity index (χ1n) is 5.17. The average Bonchev–Trinajstić information content (AvgIpc) is 2.76. The van der Waals surface area contributed by atoms with Crippen LogP contribution in [-0.2, 0) is 16.1 Å². The molecule has 1 aromatic rings. The molecule has 1 unspecified atom stereocenters. The Morgan fingerprint density at radius 2 is 2.31 bits per heavy atom. The van der Waals surface area contributed by atoms with Crippen molar-refractivity contribution in [2.24, 2.45) is 5.73 Å². The smallest absolute Gasteiger partial charge is 0.373 e. The van der Waals surface area contributed by atoms with Gasteiger partial charge in [0.2, 0.25) is 5.76 Å². The van der Waals surface area contributed by atoms with Gasteiger partial charge in [-0.05, 0) is 18.6 Å². The van der Waals surface area contributed by atoms with E-state index in [9.17, 15) is 4.79 Å². The second-order valence-electron chi connectivity index (χ2n) is 3.44. The van der Waals surface area contributed by atoms with E-state index in [0.29, 0.717) is 19.0 Å². The van der Waals surface area contributed by atoms with Crippen LogP contribution >= 0.6 is 0 Å². The van der Waals surface area contributed by atoms with Crippen molar-refractivity contribution >= 4 is 5.97 Å². The Labute approximate surface area is 94.5 Å². The van der Waals surface area contributed by atoms with E-state index in [1.807, 2.05) is 6.92 Å². The molecular formula is C11H17NO4. The summed E-state index contributed by atoms with van der Waals surface area (Å²) in [5, 5.41) is 0. The maximum atomic E-state index is 11.1. The van der Waals surface area contributed by atoms with Gasteiger partial charge in [0.15, 0.2) is 0 Å². The van der Waals surface area contributed by atoms with Gasteiger partial charge in [0, 0.05) is 6.04 Å². The van der Waals surface area contributed by atoms with Crippen molar-refractivity contribution < 1.29 is 18.7 Å². The molecule has 0 amide bonds. The lowest BCUT2D eigenvalue weighted by Gasteiger charge is -2.07. The van der Waals surface area contributed by atoms with Gasteiger partial charge < -0.3 is 19.6 Å². The molecule has 16 heavy (non-hydrogen) atoms. The highest BCUT2D eigenvalue weighted by atomic mass is 16.5. The minimum Gasteiger partial charge on any atom is -0.463 e. The standard InChI is InChI=1S/C11H17NO4/c1-3-8(12)6-15-7-9-4-5-10(16-9)11(13)14-2/h4-5,8H,3,6-7,12H2,1-2H3. The molecule has 0 aliphatic rings. The molecule has 0 aliphatic carbocycles. The van der Waals surface area contributed by atoms with Gasteiger partial charge in [-0.3, -0.25) is 0 Å². The summed E-state index contributed by atoms with van der Waals surface area (Å²) in [6.07, 6.45) is 0.867. The molecular weight excluding hydrogens is 210 g/mol. The van der Waals surface area contributed by atoms with E-state index in [2.05, 4.69) is 4.74 Å². The van der Waals surface area contributed by atoms with E-state index < -0.39 is 5.97 Å². The van der Waals surface area contributed by atoms with Gasteiger partial charge in [0.1, 0.15) is 12.4 Å². The van der Waals surface area contributed by atoms with E-state index in [1.165, 1.54) is 7.11 Å². The highest BCUT2D eigenvalue weighted by Gasteiger charge is 2.11. The van der Waals surface area contributed by atoms with Crippen LogP contribution in [0.4, 0.5) is 0 Å². The van der Waals surface area contributed by atoms with E-state index in [-0.39, 0.29) is 11.8 Å². The van der Waals surface area contributed by atoms with Crippen LogP contribution in [0.1, 0.15) is 29.7 Å². The summed E-state index contributed by atoms with van der Waals surface area (Å²) in [6.45, 7) is 2.78. The van der Waals surface area contributed by atoms with Crippen LogP contribution in [0.25, 0.3) is 0 Å². The van der Waals surface area contributed by atoms with E-state index in [4.69, 9.17) is 14.9 Å². The fraction of sp³-hybridized carbons (Fsp3) is 0.545. The molecule has 5 nitrogen and oxygen atoms in total. The van der Waals surface area contributed by atoms with Crippen molar-refractivity contribution in [3.05, 3.63) is 23.7 Å². The lowest BCUT2D eigenvalue weighted by Crippen LogP contribution is -2.24. The zero-order valence-corrected chi connectivity index (χ0v) is 9.56. The molecule has 0 bridgehead atoms. The van der Waals surface area contributed by atoms with Crippen LogP contribution in [0.5, 0.6) is 0 Å². The number of nitrogens with two attached hydrogens (primary N) is 1. The summed E-state index contributed by atoms with van der Waals surface area (Å²) in [6, 6.07) is 3.28. The number of ether oxygens (including phenoxy) is 2. The molecule has 5 heteroatoms. The minimum absolute atomic E-state index is 0.0371. The zero-order chi connectivity index (χ0) is 12.0. The Morgan fingerprint density at radius 1 is 1.56 bits per heavy atom. The predicted octanol–water partition coefficient (Wildman–Crippen LogP) is 1.32. The van der Waals surface area contributed by atoms with Crippen molar-refractivity contribution in [3.63, 3.8) is 0 Å². The molecule has 0 fully saturated rings. The summed E-state index contributed by atoms with van der Waals surface area (Å²) < 4.78 is 15.1. The zero-order valence-electron chi connectivity index (χ0n) is 9.56. The van der Waals surface area contributed by atoms with Crippen molar-refractivity contribution in [3.8, 4) is 0 Å². The molecule has 1 atom stereocenters. The second kappa shape index (κ2) is 6.30. The molecule has 1 aromatic heterocycles. The normalized spacial score (nSPS) is 12.4. The number of rotatable bonds is 6. The largest absolute Gasteiger partial charge is 0.463 e. The lowest BCUT2D eigenvalue weighted by molar-refractivity contribution is 0.0549. The van der Waals surface area contributed by atoms with E-state index in [1.54, 1.807) is 12.1 Å². The number of methoxy groups -OCH3 is 1. The van der Waals surface area contributed by atoms with Gasteiger partial charge >= 0.3 is 5.97 Å². The van der Waals surface area contributed by atoms with Crippen LogP contribution in [0.15, 0.2) is 16.5 Å². The Morgan fingerprint density at radius 3 is 2.94 bits per heavy atom. The van der Waals surface area contributed by atoms with Crippen LogP contribution in [-0.4, -0.2) is 25.7 Å². The molecule has 0 spiro atoms. The molecule has 1 rings (SSSR count). The Hall–Kier alpha value is -1.33. The van der Waals surface area contributed by atoms with E-state index in [0.717, 1.165) is 6.42 Å². The number of hydrogen-bond acceptors (Lipinski definition) is 5. The highest BCUT2D eigenvalue weighted by molar-refractivity contribution is 5.86. The summed E-state index contributed by atoms with van der Waals surface area (Å²) in [4.78, 5) is 11.1. The SMILES string of the molecule is CCC(N)COCc1ccc(C(=O)OC)o1. The molecule has 0 saturated carbocycles. The molecule has 1 heterocycles. The third-order valence-electron chi connectivity index (χ3n) is 2.15. The van der Waals surface area contributed by atoms with Gasteiger partial charge in [0.25, 0.3) is 0 Å². The first kappa shape index (κ1) is 12.7. The topological polar surface area (TPSA) is 74.7 Å². The molecule has 0 aromatic carbocycles. The quantitative estimate of drug-likeness (QED) is 0.742. The monoisotopic (exact) mass is 227 g/mol. The van der Waals surface area contributed by atoms with Crippen molar-refractivity contribution in [1.82, 2.24) is 0 Å². The summed E-state index contributed by atoms with van der Waals surface area (Å²) in [5.74, 6) is 0.279. The molecule has 0 radical (unpaired) electrons. The van der Waals surface area contributed by atoms with E-state index >= 15 is 0 Å². The highest BCUT2D eigenvalue weighted by Crippen LogP contribution is 2.10. The van der Waals surface area contributed by atoms with Crippen LogP contribution < -0.4 is 5.73 Å². The fourth-order valence-electron chi connectivity index (χ4n) is 1.09. The number of carbonyl (C=O) groups is 1. The minimum atomic E-state index is -0.489. The summed E-state index contributed by atoms with van der Waals surface area (Å²) in [5.41, 5.74) is 5.68. The summed E-state index contributed by atoms with van der Waals surface area (Å²) in [7, 11) is 1.31. The third kappa shape index (κ3) is 3.67. The number of carbonyl (C=O) groups excluding carboxylic acids is 1. The van der Waals surface area contributed by atoms with Crippen LogP contribution in [0, 0.1) is 0 Å². The third-order valence-corrected chi connectivity index (χ3v) is 2.15. The van der Waals surface area contributed by atoms with Crippen molar-refractivity contribution in [2.45, 2.75) is 26.0 Å². The van der Waals surface area contributed by atoms with Gasteiger partial charge in [-0.1, -0.05) is 6.92 Å². The number of esters is 1. The first-order valence-corrected chi connectivity index (χ1v) is 5.17. The first-order chi connectivity index (χ1) is 7.67. The maximum absolute atomic E-state index is 11.1. The predicted molar refractivity (Wildman–Crippen MR) is 58.0 cm³/mol. The second-order valence-corrected chi connectivity index (χ2v) is 3.44. The Balaban J connectivity index is 2.38. The summed E-state index contributed by atoms with van der Waals surface area (Å²) >= 11 is 0. The number of hydrogen-bond donors (Lipinski definition) is 1. The van der Waals surface area contributed by atoms with Gasteiger partial charge in [-0.2, -0.15) is 0 Å². The van der Waals surface area contributed by atoms with Crippen molar-refractivity contribution in [1.29, 1.82) is 0 Å². The lowest BCUT2D eigenvalue weighted by atomic mass is 10.3. The van der Waals surface area contributed by atoms with Crippen molar-refractivity contribution in [2.75, 3.05) is 13.7 Å². The average molecular weight is 227 g/mol. The van der Waals surface area contributed by atoms with Gasteiger partial charge in [-0.15, -0.1) is 0 Å². The molecule has 0 saturated heterocycles. The Kier molecular flexibility index (Phi) is 5.01. The van der Waals surface area contributed by atoms with Crippen LogP contribution in [0.2, 0.25) is 0 Å². The maximum Gasteiger partial charge on any atom is 0.373 e. The molecule has 0 aliphatic heterocycles. The molecule has 2 N–H and O–H groups in total. The number of furan rings is 1. The van der Waals surface area contributed by atoms with Gasteiger partial charge in [-0.25, -0.2) is 4.79 Å². The Bertz CT molecular complexity index is 334.